The molecule has 0 amide bonds. The summed E-state index contributed by atoms with van der Waals surface area (Å²) in [7, 11) is 2.98. The normalized spacial score (nSPS) is 10.2. The summed E-state index contributed by atoms with van der Waals surface area (Å²) in [5, 5.41) is 2.73. The monoisotopic (exact) mass is 280 g/mol. The number of halogens is 2. The van der Waals surface area contributed by atoms with Gasteiger partial charge in [0.05, 0.1) is 25.6 Å². The van der Waals surface area contributed by atoms with E-state index in [1.165, 1.54) is 20.3 Å². The van der Waals surface area contributed by atoms with Crippen LogP contribution in [0.3, 0.4) is 0 Å². The van der Waals surface area contributed by atoms with Gasteiger partial charge in [-0.1, -0.05) is 0 Å². The molecule has 0 aliphatic carbocycles. The van der Waals surface area contributed by atoms with Gasteiger partial charge in [-0.05, 0) is 24.3 Å². The molecule has 0 fully saturated rings. The number of hydrogen-bond acceptors (Lipinski definition) is 4. The minimum absolute atomic E-state index is 0.0989. The molecular weight excluding hydrogens is 266 g/mol. The highest BCUT2D eigenvalue weighted by Gasteiger charge is 2.14. The Morgan fingerprint density at radius 1 is 1.05 bits per heavy atom. The van der Waals surface area contributed by atoms with Crippen LogP contribution in [0.2, 0.25) is 0 Å². The first kappa shape index (κ1) is 13.9. The minimum atomic E-state index is -1.04. The first-order chi connectivity index (χ1) is 9.56. The number of benzene rings is 2. The smallest absolute Gasteiger partial charge is 0.184 e. The Bertz CT molecular complexity index is 633. The van der Waals surface area contributed by atoms with Crippen molar-refractivity contribution in [2.75, 3.05) is 25.3 Å². The lowest BCUT2D eigenvalue weighted by atomic mass is 10.2. The Balaban J connectivity index is 2.42. The number of nitrogens with two attached hydrogens (primary N) is 1. The fourth-order valence-corrected chi connectivity index (χ4v) is 1.73. The Morgan fingerprint density at radius 2 is 1.80 bits per heavy atom. The molecule has 4 nitrogen and oxygen atoms in total. The van der Waals surface area contributed by atoms with Gasteiger partial charge in [0, 0.05) is 6.07 Å². The van der Waals surface area contributed by atoms with Crippen molar-refractivity contribution < 1.29 is 18.3 Å². The highest BCUT2D eigenvalue weighted by Crippen LogP contribution is 2.34. The van der Waals surface area contributed by atoms with Crippen LogP contribution in [-0.2, 0) is 0 Å². The number of rotatable bonds is 4. The van der Waals surface area contributed by atoms with E-state index in [2.05, 4.69) is 5.32 Å². The Labute approximate surface area is 115 Å². The number of nitrogen functional groups attached to an aromatic ring is 1. The molecule has 3 N–H and O–H groups in total. The third kappa shape index (κ3) is 2.59. The lowest BCUT2D eigenvalue weighted by Gasteiger charge is -2.14. The maximum absolute atomic E-state index is 13.7. The molecule has 0 radical (unpaired) electrons. The summed E-state index contributed by atoms with van der Waals surface area (Å²) in [4.78, 5) is 0. The van der Waals surface area contributed by atoms with Crippen LogP contribution >= 0.6 is 0 Å². The van der Waals surface area contributed by atoms with Crippen molar-refractivity contribution in [2.45, 2.75) is 0 Å². The van der Waals surface area contributed by atoms with E-state index < -0.39 is 11.6 Å². The molecule has 0 spiro atoms. The molecule has 0 aliphatic rings. The van der Waals surface area contributed by atoms with Crippen molar-refractivity contribution >= 4 is 17.1 Å². The molecule has 20 heavy (non-hydrogen) atoms. The molecule has 0 saturated carbocycles. The van der Waals surface area contributed by atoms with Gasteiger partial charge in [-0.2, -0.15) is 0 Å². The fraction of sp³-hybridized carbons (Fsp3) is 0.143. The fourth-order valence-electron chi connectivity index (χ4n) is 1.73. The molecule has 0 saturated heterocycles. The number of hydrogen-bond donors (Lipinski definition) is 2. The Hall–Kier alpha value is -2.50. The van der Waals surface area contributed by atoms with Crippen molar-refractivity contribution in [1.29, 1.82) is 0 Å². The molecule has 0 unspecified atom stereocenters. The van der Waals surface area contributed by atoms with E-state index in [1.807, 2.05) is 0 Å². The Kier molecular flexibility index (Phi) is 3.93. The predicted molar refractivity (Wildman–Crippen MR) is 73.6 cm³/mol. The summed E-state index contributed by atoms with van der Waals surface area (Å²) in [5.41, 5.74) is 6.07. The number of nitrogens with one attached hydrogen (secondary N) is 1. The summed E-state index contributed by atoms with van der Waals surface area (Å²) in [6, 6.07) is 7.17. The third-order valence-electron chi connectivity index (χ3n) is 2.80. The average Bonchev–Trinajstić information content (AvgIpc) is 2.47. The second-order valence-corrected chi connectivity index (χ2v) is 4.02. The maximum atomic E-state index is 13.7. The summed E-state index contributed by atoms with van der Waals surface area (Å²) in [6.45, 7) is 0. The van der Waals surface area contributed by atoms with Crippen LogP contribution in [0.1, 0.15) is 0 Å². The van der Waals surface area contributed by atoms with Gasteiger partial charge in [-0.3, -0.25) is 0 Å². The first-order valence-corrected chi connectivity index (χ1v) is 5.79. The van der Waals surface area contributed by atoms with Crippen molar-refractivity contribution in [3.63, 3.8) is 0 Å². The van der Waals surface area contributed by atoms with E-state index in [9.17, 15) is 8.78 Å². The molecule has 0 atom stereocenters. The minimum Gasteiger partial charge on any atom is -0.497 e. The van der Waals surface area contributed by atoms with Crippen molar-refractivity contribution in [2.24, 2.45) is 0 Å². The summed E-state index contributed by atoms with van der Waals surface area (Å²) in [5.74, 6) is -1.01. The molecule has 106 valence electrons. The number of ether oxygens (including phenoxy) is 2. The highest BCUT2D eigenvalue weighted by atomic mass is 19.2. The molecule has 2 rings (SSSR count). The standard InChI is InChI=1S/C14H14F2N2O2/c1-19-8-3-6-11(12(7-8)20-2)18-14-10(17)5-4-9(15)13(14)16/h3-7,18H,17H2,1-2H3. The molecular formula is C14H14F2N2O2. The van der Waals surface area contributed by atoms with Gasteiger partial charge in [-0.15, -0.1) is 0 Å². The van der Waals surface area contributed by atoms with Crippen molar-refractivity contribution in [3.8, 4) is 11.5 Å². The van der Waals surface area contributed by atoms with Gasteiger partial charge >= 0.3 is 0 Å². The summed E-state index contributed by atoms with van der Waals surface area (Å²) >= 11 is 0. The molecule has 6 heteroatoms. The van der Waals surface area contributed by atoms with Crippen LogP contribution in [0.15, 0.2) is 30.3 Å². The molecule has 2 aromatic carbocycles. The second-order valence-electron chi connectivity index (χ2n) is 4.02. The van der Waals surface area contributed by atoms with Crippen LogP contribution in [0.4, 0.5) is 25.8 Å². The van der Waals surface area contributed by atoms with Crippen LogP contribution < -0.4 is 20.5 Å². The van der Waals surface area contributed by atoms with Crippen LogP contribution in [0.5, 0.6) is 11.5 Å². The van der Waals surface area contributed by atoms with Gasteiger partial charge in [0.2, 0.25) is 0 Å². The summed E-state index contributed by atoms with van der Waals surface area (Å²) < 4.78 is 37.2. The van der Waals surface area contributed by atoms with E-state index in [4.69, 9.17) is 15.2 Å². The maximum Gasteiger partial charge on any atom is 0.184 e. The van der Waals surface area contributed by atoms with Crippen LogP contribution in [-0.4, -0.2) is 14.2 Å². The van der Waals surface area contributed by atoms with E-state index in [0.29, 0.717) is 17.2 Å². The molecule has 0 aliphatic heterocycles. The first-order valence-electron chi connectivity index (χ1n) is 5.79. The van der Waals surface area contributed by atoms with Crippen LogP contribution in [0, 0.1) is 11.6 Å². The van der Waals surface area contributed by atoms with Crippen LogP contribution in [0.25, 0.3) is 0 Å². The number of methoxy groups -OCH3 is 2. The van der Waals surface area contributed by atoms with Gasteiger partial charge < -0.3 is 20.5 Å². The zero-order valence-electron chi connectivity index (χ0n) is 11.0. The van der Waals surface area contributed by atoms with E-state index >= 15 is 0 Å². The zero-order chi connectivity index (χ0) is 14.7. The molecule has 0 aromatic heterocycles. The van der Waals surface area contributed by atoms with E-state index in [1.54, 1.807) is 18.2 Å². The second kappa shape index (κ2) is 5.64. The Morgan fingerprint density at radius 3 is 2.45 bits per heavy atom. The molecule has 0 heterocycles. The van der Waals surface area contributed by atoms with Crippen molar-refractivity contribution in [3.05, 3.63) is 42.0 Å². The zero-order valence-corrected chi connectivity index (χ0v) is 11.0. The van der Waals surface area contributed by atoms with E-state index in [-0.39, 0.29) is 11.4 Å². The van der Waals surface area contributed by atoms with E-state index in [0.717, 1.165) is 6.07 Å². The van der Waals surface area contributed by atoms with Crippen molar-refractivity contribution in [1.82, 2.24) is 0 Å². The lowest BCUT2D eigenvalue weighted by molar-refractivity contribution is 0.395. The lowest BCUT2D eigenvalue weighted by Crippen LogP contribution is -2.03. The molecule has 0 bridgehead atoms. The predicted octanol–water partition coefficient (Wildman–Crippen LogP) is 3.31. The largest absolute Gasteiger partial charge is 0.497 e. The summed E-state index contributed by atoms with van der Waals surface area (Å²) in [6.07, 6.45) is 0. The SMILES string of the molecule is COc1ccc(Nc2c(N)ccc(F)c2F)c(OC)c1. The average molecular weight is 280 g/mol. The van der Waals surface area contributed by atoms with Gasteiger partial charge in [-0.25, -0.2) is 8.78 Å². The quantitative estimate of drug-likeness (QED) is 0.844. The number of anilines is 3. The van der Waals surface area contributed by atoms with Gasteiger partial charge in [0.25, 0.3) is 0 Å². The molecule has 2 aromatic rings. The highest BCUT2D eigenvalue weighted by molar-refractivity contribution is 5.76. The topological polar surface area (TPSA) is 56.5 Å². The van der Waals surface area contributed by atoms with Gasteiger partial charge in [0.15, 0.2) is 11.6 Å². The third-order valence-corrected chi connectivity index (χ3v) is 2.80. The van der Waals surface area contributed by atoms with Gasteiger partial charge in [0.1, 0.15) is 17.2 Å².